The van der Waals surface area contributed by atoms with Gasteiger partial charge >= 0.3 is 0 Å². The topological polar surface area (TPSA) is 27.5 Å². The Morgan fingerprint density at radius 1 is 1.56 bits per heavy atom. The van der Waals surface area contributed by atoms with Gasteiger partial charge in [-0.15, -0.1) is 0 Å². The van der Waals surface area contributed by atoms with Gasteiger partial charge in [0.1, 0.15) is 0 Å². The summed E-state index contributed by atoms with van der Waals surface area (Å²) >= 11 is 0. The van der Waals surface area contributed by atoms with Crippen molar-refractivity contribution < 1.29 is 5.06 Å². The van der Waals surface area contributed by atoms with Gasteiger partial charge < -0.3 is 10.3 Å². The molecule has 2 heteroatoms. The summed E-state index contributed by atoms with van der Waals surface area (Å²) in [4.78, 5) is 0. The highest BCUT2D eigenvalue weighted by Gasteiger charge is 2.21. The zero-order valence-electron chi connectivity index (χ0n) is 6.02. The minimum atomic E-state index is 0.432. The highest BCUT2D eigenvalue weighted by Crippen LogP contribution is 2.31. The Morgan fingerprint density at radius 2 is 2.22 bits per heavy atom. The lowest BCUT2D eigenvalue weighted by Gasteiger charge is -2.19. The Kier molecular flexibility index (Phi) is 2.49. The molecule has 1 unspecified atom stereocenters. The van der Waals surface area contributed by atoms with Crippen LogP contribution in [-0.4, -0.2) is 13.1 Å². The molecule has 0 aromatic carbocycles. The van der Waals surface area contributed by atoms with Crippen molar-refractivity contribution in [3.05, 3.63) is 5.21 Å². The van der Waals surface area contributed by atoms with E-state index < -0.39 is 0 Å². The fourth-order valence-corrected chi connectivity index (χ4v) is 0.948. The molecule has 1 aliphatic carbocycles. The predicted octanol–water partition coefficient (Wildman–Crippen LogP) is 0.189. The zero-order chi connectivity index (χ0) is 6.69. The molecule has 1 atom stereocenters. The van der Waals surface area contributed by atoms with Crippen LogP contribution in [-0.2, 0) is 0 Å². The molecule has 1 rings (SSSR count). The molecule has 0 heterocycles. The van der Waals surface area contributed by atoms with Crippen LogP contribution in [0.4, 0.5) is 0 Å². The number of hydrogen-bond donors (Lipinski definition) is 1. The molecule has 1 N–H and O–H groups in total. The Hall–Kier alpha value is -0.0800. The van der Waals surface area contributed by atoms with E-state index in [2.05, 4.69) is 0 Å². The van der Waals surface area contributed by atoms with Crippen molar-refractivity contribution in [2.75, 3.05) is 13.1 Å². The van der Waals surface area contributed by atoms with Crippen molar-refractivity contribution in [2.24, 2.45) is 5.92 Å². The molecule has 0 aliphatic heterocycles. The van der Waals surface area contributed by atoms with Gasteiger partial charge in [-0.2, -0.15) is 0 Å². The monoisotopic (exact) mass is 129 g/mol. The van der Waals surface area contributed by atoms with E-state index in [1.165, 1.54) is 12.8 Å². The van der Waals surface area contributed by atoms with Crippen LogP contribution in [0.3, 0.4) is 0 Å². The number of hydrogen-bond acceptors (Lipinski definition) is 1. The van der Waals surface area contributed by atoms with Gasteiger partial charge in [0.05, 0.1) is 13.1 Å². The molecule has 0 amide bonds. The van der Waals surface area contributed by atoms with E-state index in [0.717, 1.165) is 25.4 Å². The van der Waals surface area contributed by atoms with Crippen molar-refractivity contribution in [3.63, 3.8) is 0 Å². The van der Waals surface area contributed by atoms with Gasteiger partial charge in [-0.05, 0) is 32.1 Å². The molecule has 0 saturated heterocycles. The van der Waals surface area contributed by atoms with Crippen molar-refractivity contribution in [1.82, 2.24) is 0 Å². The van der Waals surface area contributed by atoms with E-state index in [9.17, 15) is 5.21 Å². The fourth-order valence-electron chi connectivity index (χ4n) is 0.948. The molecule has 54 valence electrons. The predicted molar refractivity (Wildman–Crippen MR) is 37.1 cm³/mol. The van der Waals surface area contributed by atoms with Crippen molar-refractivity contribution in [2.45, 2.75) is 26.2 Å². The van der Waals surface area contributed by atoms with Crippen LogP contribution in [0.5, 0.6) is 0 Å². The molecule has 0 aromatic heterocycles. The third-order valence-electron chi connectivity index (χ3n) is 1.92. The van der Waals surface area contributed by atoms with E-state index in [1.807, 2.05) is 6.92 Å². The lowest BCUT2D eigenvalue weighted by atomic mass is 10.3. The molecule has 1 fully saturated rings. The Morgan fingerprint density at radius 3 is 2.67 bits per heavy atom. The summed E-state index contributed by atoms with van der Waals surface area (Å²) in [6.45, 7) is 3.50. The van der Waals surface area contributed by atoms with Gasteiger partial charge in [0, 0.05) is 0 Å². The van der Waals surface area contributed by atoms with Gasteiger partial charge in [0.15, 0.2) is 0 Å². The SMILES string of the molecule is CC[NH+]([O-])CCC1CC1. The van der Waals surface area contributed by atoms with Gasteiger partial charge in [-0.1, -0.05) is 0 Å². The minimum absolute atomic E-state index is 0.432. The summed E-state index contributed by atoms with van der Waals surface area (Å²) in [5.74, 6) is 0.917. The van der Waals surface area contributed by atoms with Crippen LogP contribution < -0.4 is 5.06 Å². The number of hydroxylamine groups is 2. The first-order chi connectivity index (χ1) is 4.33. The summed E-state index contributed by atoms with van der Waals surface area (Å²) in [6, 6.07) is 0. The quantitative estimate of drug-likeness (QED) is 0.539. The molecule has 0 aromatic rings. The second kappa shape index (κ2) is 3.18. The summed E-state index contributed by atoms with van der Waals surface area (Å²) in [5.41, 5.74) is 0. The average Bonchev–Trinajstić information content (AvgIpc) is 2.65. The number of nitrogens with one attached hydrogen (secondary N) is 1. The molecule has 0 radical (unpaired) electrons. The first-order valence-corrected chi connectivity index (χ1v) is 3.84. The maximum Gasteiger partial charge on any atom is 0.0770 e. The second-order valence-corrected chi connectivity index (χ2v) is 2.87. The van der Waals surface area contributed by atoms with Crippen LogP contribution in [0.25, 0.3) is 0 Å². The lowest BCUT2D eigenvalue weighted by Crippen LogP contribution is -3.06. The highest BCUT2D eigenvalue weighted by molar-refractivity contribution is 4.71. The highest BCUT2D eigenvalue weighted by atomic mass is 16.5. The van der Waals surface area contributed by atoms with Gasteiger partial charge in [-0.3, -0.25) is 0 Å². The Labute approximate surface area is 56.4 Å². The largest absolute Gasteiger partial charge is 0.634 e. The third-order valence-corrected chi connectivity index (χ3v) is 1.92. The maximum atomic E-state index is 10.7. The standard InChI is InChI=1S/C7H15NO/c1-2-8(9)6-5-7-3-4-7/h7-8H,2-6H2,1H3. The summed E-state index contributed by atoms with van der Waals surface area (Å²) in [7, 11) is 0. The molecular weight excluding hydrogens is 114 g/mol. The number of rotatable bonds is 4. The normalized spacial score (nSPS) is 22.0. The molecule has 9 heavy (non-hydrogen) atoms. The van der Waals surface area contributed by atoms with Crippen LogP contribution >= 0.6 is 0 Å². The van der Waals surface area contributed by atoms with E-state index in [4.69, 9.17) is 0 Å². The Bertz CT molecular complexity index is 81.0. The molecule has 0 bridgehead atoms. The molecule has 1 aliphatic rings. The first kappa shape index (κ1) is 7.03. The fraction of sp³-hybridized carbons (Fsp3) is 1.00. The smallest absolute Gasteiger partial charge is 0.0770 e. The van der Waals surface area contributed by atoms with Gasteiger partial charge in [0.2, 0.25) is 0 Å². The molecule has 2 nitrogen and oxygen atoms in total. The summed E-state index contributed by atoms with van der Waals surface area (Å²) in [6.07, 6.45) is 3.90. The van der Waals surface area contributed by atoms with Crippen LogP contribution in [0, 0.1) is 11.1 Å². The first-order valence-electron chi connectivity index (χ1n) is 3.84. The van der Waals surface area contributed by atoms with E-state index in [-0.39, 0.29) is 0 Å². The molecule has 1 saturated carbocycles. The molecular formula is C7H15NO. The third kappa shape index (κ3) is 2.82. The zero-order valence-corrected chi connectivity index (χ0v) is 6.02. The summed E-state index contributed by atoms with van der Waals surface area (Å²) < 4.78 is 0. The average molecular weight is 129 g/mol. The van der Waals surface area contributed by atoms with Crippen molar-refractivity contribution in [1.29, 1.82) is 0 Å². The Balaban J connectivity index is 1.90. The van der Waals surface area contributed by atoms with Gasteiger partial charge in [0.25, 0.3) is 0 Å². The van der Waals surface area contributed by atoms with E-state index in [1.54, 1.807) is 0 Å². The van der Waals surface area contributed by atoms with Crippen LogP contribution in [0.15, 0.2) is 0 Å². The number of quaternary nitrogens is 1. The van der Waals surface area contributed by atoms with Crippen LogP contribution in [0.1, 0.15) is 26.2 Å². The molecule has 0 spiro atoms. The second-order valence-electron chi connectivity index (χ2n) is 2.87. The van der Waals surface area contributed by atoms with E-state index in [0.29, 0.717) is 5.06 Å². The maximum absolute atomic E-state index is 10.7. The van der Waals surface area contributed by atoms with Gasteiger partial charge in [-0.25, -0.2) is 0 Å². The lowest BCUT2D eigenvalue weighted by molar-refractivity contribution is -0.846. The van der Waals surface area contributed by atoms with Crippen molar-refractivity contribution in [3.8, 4) is 0 Å². The minimum Gasteiger partial charge on any atom is -0.634 e. The van der Waals surface area contributed by atoms with Crippen molar-refractivity contribution >= 4 is 0 Å². The van der Waals surface area contributed by atoms with E-state index >= 15 is 0 Å². The van der Waals surface area contributed by atoms with Crippen LogP contribution in [0.2, 0.25) is 0 Å². The summed E-state index contributed by atoms with van der Waals surface area (Å²) in [5, 5.41) is 11.2.